The Morgan fingerprint density at radius 1 is 1.09 bits per heavy atom. The fourth-order valence-corrected chi connectivity index (χ4v) is 5.39. The number of benzene rings is 2. The van der Waals surface area contributed by atoms with Crippen LogP contribution in [0.4, 0.5) is 10.8 Å². The molecule has 0 fully saturated rings. The summed E-state index contributed by atoms with van der Waals surface area (Å²) in [6.45, 7) is 7.71. The minimum atomic E-state index is -0.0438. The maximum absolute atomic E-state index is 12.4. The summed E-state index contributed by atoms with van der Waals surface area (Å²) in [5, 5.41) is 3.60. The van der Waals surface area contributed by atoms with Crippen molar-refractivity contribution in [1.82, 2.24) is 15.0 Å². The second-order valence-electron chi connectivity index (χ2n) is 7.83. The van der Waals surface area contributed by atoms with Gasteiger partial charge in [-0.1, -0.05) is 59.8 Å². The molecule has 0 bridgehead atoms. The number of nitrogens with one attached hydrogen (secondary N) is 1. The molecule has 0 unspecified atom stereocenters. The summed E-state index contributed by atoms with van der Waals surface area (Å²) in [5.41, 5.74) is 7.45. The van der Waals surface area contributed by atoms with Crippen LogP contribution >= 0.6 is 23.1 Å². The Kier molecular flexibility index (Phi) is 6.77. The van der Waals surface area contributed by atoms with Crippen molar-refractivity contribution in [3.05, 3.63) is 87.7 Å². The minimum absolute atomic E-state index is 0.0438. The molecule has 5 nitrogen and oxygen atoms in total. The molecule has 4 rings (SSSR count). The number of carbonyl (C=O) groups excluding carboxylic acids is 1. The average molecular weight is 463 g/mol. The number of imidazole rings is 1. The molecule has 164 valence electrons. The number of anilines is 2. The molecule has 2 aromatic heterocycles. The highest BCUT2D eigenvalue weighted by Gasteiger charge is 2.20. The molecule has 0 spiro atoms. The number of hydrogen-bond acceptors (Lipinski definition) is 5. The highest BCUT2D eigenvalue weighted by atomic mass is 32.2. The zero-order valence-electron chi connectivity index (χ0n) is 18.7. The van der Waals surface area contributed by atoms with E-state index in [2.05, 4.69) is 49.2 Å². The number of aromatic amines is 1. The van der Waals surface area contributed by atoms with E-state index in [1.54, 1.807) is 23.6 Å². The number of amides is 1. The number of hydrogen-bond donors (Lipinski definition) is 1. The lowest BCUT2D eigenvalue weighted by molar-refractivity contribution is -0.115. The molecule has 0 saturated heterocycles. The molecule has 0 atom stereocenters. The number of H-pyrrole nitrogens is 1. The van der Waals surface area contributed by atoms with Crippen LogP contribution < -0.4 is 4.90 Å². The van der Waals surface area contributed by atoms with Crippen LogP contribution in [0.2, 0.25) is 0 Å². The van der Waals surface area contributed by atoms with Crippen molar-refractivity contribution in [3.8, 4) is 0 Å². The SMILES string of the molecule is CC(=O)N(c1nc(CSc2nc(Cc3ccccc3)c(C)[nH]2)cs1)c1ccc(C)cc1C. The molecule has 4 aromatic rings. The molecule has 32 heavy (non-hydrogen) atoms. The fraction of sp³-hybridized carbons (Fsp3) is 0.240. The predicted octanol–water partition coefficient (Wildman–Crippen LogP) is 6.36. The molecule has 2 heterocycles. The molecule has 7 heteroatoms. The third kappa shape index (κ3) is 5.11. The summed E-state index contributed by atoms with van der Waals surface area (Å²) < 4.78 is 0. The van der Waals surface area contributed by atoms with Gasteiger partial charge in [0.2, 0.25) is 5.91 Å². The summed E-state index contributed by atoms with van der Waals surface area (Å²) in [6, 6.07) is 16.5. The highest BCUT2D eigenvalue weighted by Crippen LogP contribution is 2.33. The second kappa shape index (κ2) is 9.71. The van der Waals surface area contributed by atoms with Crippen molar-refractivity contribution >= 4 is 39.8 Å². The topological polar surface area (TPSA) is 61.9 Å². The molecule has 1 N–H and O–H groups in total. The molecule has 0 saturated carbocycles. The van der Waals surface area contributed by atoms with Gasteiger partial charge in [-0.25, -0.2) is 9.97 Å². The van der Waals surface area contributed by atoms with Crippen LogP contribution in [0.5, 0.6) is 0 Å². The van der Waals surface area contributed by atoms with Crippen LogP contribution in [0.25, 0.3) is 0 Å². The smallest absolute Gasteiger partial charge is 0.230 e. The maximum atomic E-state index is 12.4. The summed E-state index contributed by atoms with van der Waals surface area (Å²) in [4.78, 5) is 27.0. The van der Waals surface area contributed by atoms with Crippen LogP contribution in [-0.4, -0.2) is 20.9 Å². The van der Waals surface area contributed by atoms with E-state index in [1.807, 2.05) is 30.5 Å². The van der Waals surface area contributed by atoms with Gasteiger partial charge in [0.05, 0.1) is 17.1 Å². The van der Waals surface area contributed by atoms with Crippen LogP contribution in [0, 0.1) is 20.8 Å². The van der Waals surface area contributed by atoms with Crippen molar-refractivity contribution in [3.63, 3.8) is 0 Å². The normalized spacial score (nSPS) is 11.0. The minimum Gasteiger partial charge on any atom is -0.337 e. The van der Waals surface area contributed by atoms with Gasteiger partial charge < -0.3 is 4.98 Å². The second-order valence-corrected chi connectivity index (χ2v) is 9.63. The van der Waals surface area contributed by atoms with Gasteiger partial charge in [0.15, 0.2) is 10.3 Å². The number of nitrogens with zero attached hydrogens (tertiary/aromatic N) is 3. The zero-order chi connectivity index (χ0) is 22.7. The van der Waals surface area contributed by atoms with E-state index in [0.29, 0.717) is 10.9 Å². The summed E-state index contributed by atoms with van der Waals surface area (Å²) in [6.07, 6.45) is 0.814. The van der Waals surface area contributed by atoms with Crippen molar-refractivity contribution in [2.24, 2.45) is 0 Å². The molecule has 2 aromatic carbocycles. The predicted molar refractivity (Wildman–Crippen MR) is 133 cm³/mol. The number of thiazole rings is 1. The van der Waals surface area contributed by atoms with Crippen molar-refractivity contribution < 1.29 is 4.79 Å². The third-order valence-corrected chi connectivity index (χ3v) is 6.96. The fourth-order valence-electron chi connectivity index (χ4n) is 3.57. The molecular weight excluding hydrogens is 436 g/mol. The van der Waals surface area contributed by atoms with E-state index in [9.17, 15) is 4.79 Å². The molecule has 0 aliphatic rings. The lowest BCUT2D eigenvalue weighted by Crippen LogP contribution is -2.23. The number of thioether (sulfide) groups is 1. The van der Waals surface area contributed by atoms with Gasteiger partial charge in [0, 0.05) is 30.2 Å². The Bertz CT molecular complexity index is 1230. The first-order valence-corrected chi connectivity index (χ1v) is 12.3. The van der Waals surface area contributed by atoms with Crippen LogP contribution in [0.3, 0.4) is 0 Å². The van der Waals surface area contributed by atoms with Crippen LogP contribution in [0.15, 0.2) is 59.1 Å². The van der Waals surface area contributed by atoms with Gasteiger partial charge in [0.1, 0.15) is 0 Å². The number of aryl methyl sites for hydroxylation is 3. The molecule has 0 aliphatic heterocycles. The monoisotopic (exact) mass is 462 g/mol. The Morgan fingerprint density at radius 3 is 2.59 bits per heavy atom. The lowest BCUT2D eigenvalue weighted by atomic mass is 10.1. The first-order valence-electron chi connectivity index (χ1n) is 10.5. The first kappa shape index (κ1) is 22.3. The molecule has 0 aliphatic carbocycles. The largest absolute Gasteiger partial charge is 0.337 e. The molecular formula is C25H26N4OS2. The number of carbonyl (C=O) groups is 1. The molecule has 1 amide bonds. The van der Waals surface area contributed by atoms with E-state index in [1.165, 1.54) is 22.5 Å². The lowest BCUT2D eigenvalue weighted by Gasteiger charge is -2.20. The number of aromatic nitrogens is 3. The van der Waals surface area contributed by atoms with Gasteiger partial charge in [-0.2, -0.15) is 0 Å². The average Bonchev–Trinajstić information content (AvgIpc) is 3.35. The van der Waals surface area contributed by atoms with Crippen molar-refractivity contribution in [2.75, 3.05) is 4.90 Å². The maximum Gasteiger partial charge on any atom is 0.230 e. The zero-order valence-corrected chi connectivity index (χ0v) is 20.3. The van der Waals surface area contributed by atoms with Gasteiger partial charge in [-0.3, -0.25) is 9.69 Å². The van der Waals surface area contributed by atoms with Crippen LogP contribution in [-0.2, 0) is 17.0 Å². The van der Waals surface area contributed by atoms with E-state index in [4.69, 9.17) is 9.97 Å². The Morgan fingerprint density at radius 2 is 1.88 bits per heavy atom. The Hall–Kier alpha value is -2.90. The summed E-state index contributed by atoms with van der Waals surface area (Å²) in [7, 11) is 0. The van der Waals surface area contributed by atoms with E-state index in [0.717, 1.165) is 39.9 Å². The summed E-state index contributed by atoms with van der Waals surface area (Å²) in [5.74, 6) is 0.644. The van der Waals surface area contributed by atoms with Gasteiger partial charge in [0.25, 0.3) is 0 Å². The quantitative estimate of drug-likeness (QED) is 0.325. The number of rotatable bonds is 7. The summed E-state index contributed by atoms with van der Waals surface area (Å²) >= 11 is 3.12. The third-order valence-electron chi connectivity index (χ3n) is 5.17. The first-order chi connectivity index (χ1) is 15.4. The van der Waals surface area contributed by atoms with Gasteiger partial charge in [-0.05, 0) is 38.0 Å². The highest BCUT2D eigenvalue weighted by molar-refractivity contribution is 7.98. The van der Waals surface area contributed by atoms with E-state index >= 15 is 0 Å². The van der Waals surface area contributed by atoms with Gasteiger partial charge in [-0.15, -0.1) is 11.3 Å². The Balaban J connectivity index is 1.46. The van der Waals surface area contributed by atoms with E-state index in [-0.39, 0.29) is 5.91 Å². The van der Waals surface area contributed by atoms with Crippen molar-refractivity contribution in [2.45, 2.75) is 45.0 Å². The van der Waals surface area contributed by atoms with E-state index < -0.39 is 0 Å². The van der Waals surface area contributed by atoms with Crippen LogP contribution in [0.1, 0.15) is 40.7 Å². The van der Waals surface area contributed by atoms with Gasteiger partial charge >= 0.3 is 0 Å². The standard InChI is InChI=1S/C25H26N4OS2/c1-16-10-11-23(17(2)12-16)29(19(4)30)25-27-21(15-32-25)14-31-24-26-18(3)22(28-24)13-20-8-6-5-7-9-20/h5-12,15H,13-14H2,1-4H3,(H,26,28). The molecule has 0 radical (unpaired) electrons. The van der Waals surface area contributed by atoms with Crippen molar-refractivity contribution in [1.29, 1.82) is 0 Å². The Labute approximate surface area is 196 Å².